The number of imidazole rings is 1. The highest BCUT2D eigenvalue weighted by molar-refractivity contribution is 5.79. The van der Waals surface area contributed by atoms with Crippen LogP contribution < -0.4 is 10.6 Å². The van der Waals surface area contributed by atoms with E-state index in [4.69, 9.17) is 0 Å². The number of hydrogen-bond acceptors (Lipinski definition) is 5. The summed E-state index contributed by atoms with van der Waals surface area (Å²) in [5.41, 5.74) is 3.35. The first-order valence-corrected chi connectivity index (χ1v) is 10.8. The Kier molecular flexibility index (Phi) is 5.63. The fraction of sp³-hybridized carbons (Fsp3) is 0.333. The molecule has 5 rings (SSSR count). The Balaban J connectivity index is 1.16. The molecule has 7 heteroatoms. The quantitative estimate of drug-likeness (QED) is 0.448. The van der Waals surface area contributed by atoms with E-state index in [9.17, 15) is 9.50 Å². The van der Waals surface area contributed by atoms with Gasteiger partial charge in [-0.15, -0.1) is 0 Å². The number of halogens is 1. The first-order chi connectivity index (χ1) is 15.2. The number of nitrogens with one attached hydrogen (secondary N) is 2. The first-order valence-electron chi connectivity index (χ1n) is 10.8. The number of nitrogens with zero attached hydrogens (tertiary/aromatic N) is 3. The van der Waals surface area contributed by atoms with E-state index in [1.807, 2.05) is 41.1 Å². The topological polar surface area (TPSA) is 74.5 Å². The average molecular weight is 420 g/mol. The van der Waals surface area contributed by atoms with E-state index in [0.29, 0.717) is 30.6 Å². The number of aliphatic hydroxyl groups is 1. The molecule has 6 nitrogen and oxygen atoms in total. The second kappa shape index (κ2) is 8.70. The van der Waals surface area contributed by atoms with Crippen LogP contribution in [0.2, 0.25) is 0 Å². The van der Waals surface area contributed by atoms with Crippen molar-refractivity contribution < 1.29 is 9.50 Å². The third-order valence-corrected chi connectivity index (χ3v) is 6.22. The zero-order valence-corrected chi connectivity index (χ0v) is 17.2. The smallest absolute Gasteiger partial charge is 0.141 e. The monoisotopic (exact) mass is 419 g/mol. The van der Waals surface area contributed by atoms with E-state index in [2.05, 4.69) is 26.7 Å². The largest absolute Gasteiger partial charge is 0.391 e. The highest BCUT2D eigenvalue weighted by Crippen LogP contribution is 2.22. The highest BCUT2D eigenvalue weighted by Gasteiger charge is 2.28. The van der Waals surface area contributed by atoms with Gasteiger partial charge in [-0.2, -0.15) is 0 Å². The molecule has 1 fully saturated rings. The van der Waals surface area contributed by atoms with Crippen LogP contribution in [0.5, 0.6) is 0 Å². The molecule has 0 radical (unpaired) electrons. The molecule has 0 spiro atoms. The first kappa shape index (κ1) is 20.1. The summed E-state index contributed by atoms with van der Waals surface area (Å²) < 4.78 is 16.4. The highest BCUT2D eigenvalue weighted by atomic mass is 19.1. The van der Waals surface area contributed by atoms with E-state index in [1.165, 1.54) is 6.07 Å². The minimum atomic E-state index is -0.473. The Hall–Kier alpha value is -2.87. The molecule has 31 heavy (non-hydrogen) atoms. The summed E-state index contributed by atoms with van der Waals surface area (Å²) in [7, 11) is 0. The molecular weight excluding hydrogens is 393 g/mol. The van der Waals surface area contributed by atoms with E-state index < -0.39 is 6.10 Å². The Morgan fingerprint density at radius 1 is 1.00 bits per heavy atom. The van der Waals surface area contributed by atoms with Gasteiger partial charge in [-0.05, 0) is 37.5 Å². The van der Waals surface area contributed by atoms with Crippen molar-refractivity contribution in [1.82, 2.24) is 25.0 Å². The number of benzene rings is 1. The molecule has 0 saturated heterocycles. The molecule has 3 N–H and O–H groups in total. The van der Waals surface area contributed by atoms with Gasteiger partial charge in [0.15, 0.2) is 0 Å². The zero-order valence-electron chi connectivity index (χ0n) is 17.2. The molecule has 0 amide bonds. The maximum atomic E-state index is 14.4. The van der Waals surface area contributed by atoms with Crippen LogP contribution in [0.3, 0.4) is 0 Å². The predicted octanol–water partition coefficient (Wildman–Crippen LogP) is 3.18. The number of fused-ring (bicyclic) bond motifs is 2. The minimum absolute atomic E-state index is 0.0437. The third kappa shape index (κ3) is 4.30. The van der Waals surface area contributed by atoms with Gasteiger partial charge in [-0.25, -0.2) is 9.37 Å². The summed E-state index contributed by atoms with van der Waals surface area (Å²) in [5.74, 6) is -0.267. The average Bonchev–Trinajstić information content (AvgIpc) is 3.26. The molecular formula is C24H26FN5O. The second-order valence-corrected chi connectivity index (χ2v) is 8.28. The van der Waals surface area contributed by atoms with Crippen molar-refractivity contribution in [3.63, 3.8) is 0 Å². The van der Waals surface area contributed by atoms with Crippen LogP contribution in [0, 0.1) is 5.82 Å². The Bertz CT molecular complexity index is 1190. The van der Waals surface area contributed by atoms with Crippen LogP contribution in [0.1, 0.15) is 30.4 Å². The summed E-state index contributed by atoms with van der Waals surface area (Å²) in [6.07, 6.45) is 9.37. The maximum Gasteiger partial charge on any atom is 0.141 e. The number of hydrogen-bond donors (Lipinski definition) is 3. The molecule has 160 valence electrons. The van der Waals surface area contributed by atoms with Gasteiger partial charge in [0.2, 0.25) is 0 Å². The molecule has 4 aromatic rings. The van der Waals surface area contributed by atoms with Crippen LogP contribution in [-0.2, 0) is 13.1 Å². The number of aromatic nitrogens is 3. The molecule has 1 aliphatic carbocycles. The van der Waals surface area contributed by atoms with E-state index >= 15 is 0 Å². The lowest BCUT2D eigenvalue weighted by Gasteiger charge is -2.34. The van der Waals surface area contributed by atoms with E-state index in [0.717, 1.165) is 29.4 Å². The Morgan fingerprint density at radius 3 is 2.81 bits per heavy atom. The van der Waals surface area contributed by atoms with E-state index in [1.54, 1.807) is 12.4 Å². The summed E-state index contributed by atoms with van der Waals surface area (Å²) in [6, 6.07) is 11.4. The minimum Gasteiger partial charge on any atom is -0.391 e. The van der Waals surface area contributed by atoms with Crippen molar-refractivity contribution in [2.24, 2.45) is 0 Å². The Morgan fingerprint density at radius 2 is 1.90 bits per heavy atom. The maximum absolute atomic E-state index is 14.4. The lowest BCUT2D eigenvalue weighted by molar-refractivity contribution is 0.0741. The predicted molar refractivity (Wildman–Crippen MR) is 118 cm³/mol. The number of aliphatic hydroxyl groups excluding tert-OH is 1. The molecule has 3 aromatic heterocycles. The molecule has 1 unspecified atom stereocenters. The van der Waals surface area contributed by atoms with Crippen LogP contribution in [0.4, 0.5) is 4.39 Å². The third-order valence-electron chi connectivity index (χ3n) is 6.22. The van der Waals surface area contributed by atoms with Crippen molar-refractivity contribution in [2.45, 2.75) is 50.5 Å². The van der Waals surface area contributed by atoms with Gasteiger partial charge >= 0.3 is 0 Å². The van der Waals surface area contributed by atoms with Gasteiger partial charge in [0.25, 0.3) is 0 Å². The molecule has 0 aliphatic heterocycles. The van der Waals surface area contributed by atoms with Crippen LogP contribution in [0.25, 0.3) is 16.6 Å². The molecule has 1 saturated carbocycles. The number of pyridine rings is 2. The Labute approximate surface area is 180 Å². The van der Waals surface area contributed by atoms with Crippen LogP contribution in [0.15, 0.2) is 61.2 Å². The summed E-state index contributed by atoms with van der Waals surface area (Å²) in [4.78, 5) is 8.61. The van der Waals surface area contributed by atoms with Crippen LogP contribution >= 0.6 is 0 Å². The van der Waals surface area contributed by atoms with Crippen molar-refractivity contribution in [3.05, 3.63) is 78.1 Å². The summed E-state index contributed by atoms with van der Waals surface area (Å²) >= 11 is 0. The van der Waals surface area contributed by atoms with E-state index in [-0.39, 0.29) is 17.9 Å². The van der Waals surface area contributed by atoms with Gasteiger partial charge in [0.05, 0.1) is 11.6 Å². The standard InChI is InChI=1S/C24H26FN5O/c25-20-13-22-16(3-1-7-26-22)11-18(20)15-29-21-6-5-19(12-23(21)31)28-14-17-4-2-9-30-10-8-27-24(17)30/h1-4,7-11,13,19,21,23,28-29,31H,5-6,12,14-15H2/t19-,21-,23?/m0/s1. The molecule has 1 aromatic carbocycles. The van der Waals surface area contributed by atoms with Crippen LogP contribution in [-0.4, -0.2) is 37.7 Å². The summed E-state index contributed by atoms with van der Waals surface area (Å²) in [5, 5.41) is 18.5. The van der Waals surface area contributed by atoms with Crippen molar-refractivity contribution in [1.29, 1.82) is 0 Å². The molecule has 0 bridgehead atoms. The normalized spacial score (nSPS) is 21.7. The van der Waals surface area contributed by atoms with Crippen molar-refractivity contribution in [3.8, 4) is 0 Å². The lowest BCUT2D eigenvalue weighted by atomic mass is 9.88. The van der Waals surface area contributed by atoms with Gasteiger partial charge in [-0.3, -0.25) is 4.98 Å². The van der Waals surface area contributed by atoms with Gasteiger partial charge in [0, 0.05) is 72.5 Å². The number of rotatable bonds is 6. The van der Waals surface area contributed by atoms with Gasteiger partial charge in [-0.1, -0.05) is 12.1 Å². The fourth-order valence-electron chi connectivity index (χ4n) is 4.49. The zero-order chi connectivity index (χ0) is 21.2. The van der Waals surface area contributed by atoms with Crippen molar-refractivity contribution >= 4 is 16.6 Å². The second-order valence-electron chi connectivity index (χ2n) is 8.28. The van der Waals surface area contributed by atoms with Gasteiger partial charge < -0.3 is 20.1 Å². The summed E-state index contributed by atoms with van der Waals surface area (Å²) in [6.45, 7) is 1.10. The fourth-order valence-corrected chi connectivity index (χ4v) is 4.49. The molecule has 3 heterocycles. The molecule has 3 atom stereocenters. The van der Waals surface area contributed by atoms with Crippen molar-refractivity contribution in [2.75, 3.05) is 0 Å². The lowest BCUT2D eigenvalue weighted by Crippen LogP contribution is -2.48. The SMILES string of the molecule is OC1C[C@@H](NCc2cccn3ccnc23)CC[C@@H]1NCc1cc2cccnc2cc1F. The van der Waals surface area contributed by atoms with Gasteiger partial charge in [0.1, 0.15) is 11.5 Å². The molecule has 1 aliphatic rings.